The van der Waals surface area contributed by atoms with E-state index in [1.54, 1.807) is 14.2 Å². The van der Waals surface area contributed by atoms with Gasteiger partial charge in [-0.2, -0.15) is 0 Å². The molecule has 0 spiro atoms. The molecule has 2 aliphatic rings. The molecule has 5 unspecified atom stereocenters. The van der Waals surface area contributed by atoms with Gasteiger partial charge in [0, 0.05) is 6.92 Å². The van der Waals surface area contributed by atoms with E-state index in [1.807, 2.05) is 78.9 Å². The number of ether oxygens (including phenoxy) is 5. The minimum Gasteiger partial charge on any atom is -0.497 e. The molecule has 0 amide bonds. The molecular formula is C30H30O8. The first kappa shape index (κ1) is 25.8. The molecule has 0 aliphatic carbocycles. The van der Waals surface area contributed by atoms with E-state index in [4.69, 9.17) is 23.7 Å². The lowest BCUT2D eigenvalue weighted by Crippen LogP contribution is -2.51. The number of carboxylic acid groups (broad SMARTS) is 1. The van der Waals surface area contributed by atoms with E-state index in [0.717, 1.165) is 16.7 Å². The quantitative estimate of drug-likeness (QED) is 0.333. The van der Waals surface area contributed by atoms with Crippen molar-refractivity contribution in [1.29, 1.82) is 0 Å². The number of esters is 1. The van der Waals surface area contributed by atoms with Crippen LogP contribution in [0.25, 0.3) is 0 Å². The number of carbonyl (C=O) groups excluding carboxylic acids is 1. The fraction of sp³-hybridized carbons (Fsp3) is 0.333. The molecule has 38 heavy (non-hydrogen) atoms. The predicted octanol–water partition coefficient (Wildman–Crippen LogP) is 4.18. The molecule has 5 rings (SSSR count). The van der Waals surface area contributed by atoms with E-state index < -0.39 is 47.9 Å². The first-order valence-electron chi connectivity index (χ1n) is 12.4. The van der Waals surface area contributed by atoms with Crippen molar-refractivity contribution in [1.82, 2.24) is 0 Å². The van der Waals surface area contributed by atoms with Crippen LogP contribution in [-0.4, -0.2) is 55.7 Å². The molecule has 2 bridgehead atoms. The molecule has 2 aliphatic heterocycles. The smallest absolute Gasteiger partial charge is 0.309 e. The van der Waals surface area contributed by atoms with Gasteiger partial charge in [0.1, 0.15) is 29.3 Å². The Morgan fingerprint density at radius 1 is 0.816 bits per heavy atom. The predicted molar refractivity (Wildman–Crippen MR) is 137 cm³/mol. The summed E-state index contributed by atoms with van der Waals surface area (Å²) in [6.45, 7) is 1.33. The molecule has 5 atom stereocenters. The van der Waals surface area contributed by atoms with Crippen molar-refractivity contribution in [3.63, 3.8) is 0 Å². The molecule has 0 saturated carbocycles. The van der Waals surface area contributed by atoms with E-state index in [9.17, 15) is 14.7 Å². The molecule has 3 aromatic rings. The molecule has 8 heteroatoms. The first-order valence-corrected chi connectivity index (χ1v) is 12.4. The number of fused-ring (bicyclic) bond motifs is 2. The fourth-order valence-corrected chi connectivity index (χ4v) is 5.60. The Morgan fingerprint density at radius 2 is 1.34 bits per heavy atom. The molecule has 2 fully saturated rings. The van der Waals surface area contributed by atoms with Crippen molar-refractivity contribution in [3.05, 3.63) is 95.6 Å². The van der Waals surface area contributed by atoms with Gasteiger partial charge in [0.05, 0.1) is 26.2 Å². The van der Waals surface area contributed by atoms with Crippen LogP contribution >= 0.6 is 0 Å². The van der Waals surface area contributed by atoms with Gasteiger partial charge < -0.3 is 28.8 Å². The van der Waals surface area contributed by atoms with Crippen molar-refractivity contribution in [2.24, 2.45) is 5.92 Å². The maximum Gasteiger partial charge on any atom is 0.309 e. The molecular weight excluding hydrogens is 488 g/mol. The lowest BCUT2D eigenvalue weighted by Gasteiger charge is -2.42. The standard InChI is InChI=1S/C30H30O8/c1-18(31)36-27-25-17-24(29(32)33)26(37-25)28(27)38-30(19-7-5-4-6-8-19,20-9-13-22(34-2)14-10-20)21-11-15-23(35-3)16-12-21/h4-16,24-28H,17H2,1-3H3,(H,32,33). The van der Waals surface area contributed by atoms with Crippen LogP contribution in [0.15, 0.2) is 78.9 Å². The second-order valence-electron chi connectivity index (χ2n) is 9.48. The third-order valence-corrected chi connectivity index (χ3v) is 7.33. The summed E-state index contributed by atoms with van der Waals surface area (Å²) in [6, 6.07) is 24.7. The van der Waals surface area contributed by atoms with Gasteiger partial charge in [-0.15, -0.1) is 0 Å². The third-order valence-electron chi connectivity index (χ3n) is 7.33. The van der Waals surface area contributed by atoms with Crippen LogP contribution in [0, 0.1) is 5.92 Å². The second kappa shape index (κ2) is 10.5. The Bertz CT molecular complexity index is 1220. The van der Waals surface area contributed by atoms with Crippen LogP contribution in [0.1, 0.15) is 30.0 Å². The van der Waals surface area contributed by atoms with E-state index in [-0.39, 0.29) is 6.42 Å². The zero-order valence-corrected chi connectivity index (χ0v) is 21.4. The summed E-state index contributed by atoms with van der Waals surface area (Å²) < 4.78 is 29.6. The maximum absolute atomic E-state index is 12.1. The van der Waals surface area contributed by atoms with Crippen LogP contribution in [-0.2, 0) is 29.4 Å². The fourth-order valence-electron chi connectivity index (χ4n) is 5.60. The van der Waals surface area contributed by atoms with Crippen molar-refractivity contribution in [3.8, 4) is 11.5 Å². The van der Waals surface area contributed by atoms with Crippen molar-refractivity contribution in [2.45, 2.75) is 43.4 Å². The average Bonchev–Trinajstić information content (AvgIpc) is 3.52. The number of hydrogen-bond donors (Lipinski definition) is 1. The second-order valence-corrected chi connectivity index (χ2v) is 9.48. The third kappa shape index (κ3) is 4.50. The van der Waals surface area contributed by atoms with Crippen LogP contribution in [0.4, 0.5) is 0 Å². The van der Waals surface area contributed by atoms with Gasteiger partial charge in [0.15, 0.2) is 6.10 Å². The number of methoxy groups -OCH3 is 2. The number of carbonyl (C=O) groups is 2. The van der Waals surface area contributed by atoms with Crippen LogP contribution in [0.2, 0.25) is 0 Å². The minimum atomic E-state index is -1.21. The molecule has 1 N–H and O–H groups in total. The van der Waals surface area contributed by atoms with Crippen LogP contribution in [0.5, 0.6) is 11.5 Å². The Labute approximate surface area is 221 Å². The summed E-state index contributed by atoms with van der Waals surface area (Å²) in [6.07, 6.45) is -2.71. The van der Waals surface area contributed by atoms with E-state index in [0.29, 0.717) is 11.5 Å². The zero-order chi connectivity index (χ0) is 26.9. The average molecular weight is 519 g/mol. The Balaban J connectivity index is 1.71. The summed E-state index contributed by atoms with van der Waals surface area (Å²) in [4.78, 5) is 24.2. The molecule has 2 heterocycles. The van der Waals surface area contributed by atoms with Crippen LogP contribution in [0.3, 0.4) is 0 Å². The first-order chi connectivity index (χ1) is 18.4. The molecule has 0 aromatic heterocycles. The summed E-state index contributed by atoms with van der Waals surface area (Å²) in [5.74, 6) is -0.871. The minimum absolute atomic E-state index is 0.251. The van der Waals surface area contributed by atoms with Gasteiger partial charge in [-0.05, 0) is 47.4 Å². The number of hydrogen-bond acceptors (Lipinski definition) is 7. The highest BCUT2D eigenvalue weighted by molar-refractivity contribution is 5.72. The zero-order valence-electron chi connectivity index (χ0n) is 21.4. The monoisotopic (exact) mass is 518 g/mol. The highest BCUT2D eigenvalue weighted by atomic mass is 16.6. The van der Waals surface area contributed by atoms with Gasteiger partial charge in [-0.1, -0.05) is 54.6 Å². The Morgan fingerprint density at radius 3 is 1.82 bits per heavy atom. The van der Waals surface area contributed by atoms with Crippen molar-refractivity contribution < 1.29 is 38.4 Å². The van der Waals surface area contributed by atoms with Crippen molar-refractivity contribution in [2.75, 3.05) is 14.2 Å². The van der Waals surface area contributed by atoms with Crippen LogP contribution < -0.4 is 9.47 Å². The number of aliphatic carboxylic acids is 1. The normalized spacial score (nSPS) is 24.1. The topological polar surface area (TPSA) is 101 Å². The Hall–Kier alpha value is -3.88. The van der Waals surface area contributed by atoms with Gasteiger partial charge in [0.25, 0.3) is 0 Å². The maximum atomic E-state index is 12.1. The summed E-state index contributed by atoms with van der Waals surface area (Å²) in [7, 11) is 3.20. The van der Waals surface area contributed by atoms with E-state index >= 15 is 0 Å². The largest absolute Gasteiger partial charge is 0.497 e. The molecule has 0 radical (unpaired) electrons. The van der Waals surface area contributed by atoms with Gasteiger partial charge in [-0.3, -0.25) is 9.59 Å². The Kier molecular flexibility index (Phi) is 7.10. The van der Waals surface area contributed by atoms with Crippen molar-refractivity contribution >= 4 is 11.9 Å². The summed E-state index contributed by atoms with van der Waals surface area (Å²) in [5.41, 5.74) is 1.17. The number of rotatable bonds is 9. The van der Waals surface area contributed by atoms with E-state index in [2.05, 4.69) is 0 Å². The van der Waals surface area contributed by atoms with E-state index in [1.165, 1.54) is 6.92 Å². The lowest BCUT2D eigenvalue weighted by atomic mass is 9.78. The number of carboxylic acids is 1. The highest BCUT2D eigenvalue weighted by Gasteiger charge is 2.61. The molecule has 8 nitrogen and oxygen atoms in total. The summed E-state index contributed by atoms with van der Waals surface area (Å²) >= 11 is 0. The molecule has 198 valence electrons. The van der Waals surface area contributed by atoms with Gasteiger partial charge in [-0.25, -0.2) is 0 Å². The molecule has 2 saturated heterocycles. The lowest BCUT2D eigenvalue weighted by molar-refractivity contribution is -0.168. The molecule has 3 aromatic carbocycles. The SMILES string of the molecule is COc1ccc(C(OC2C(OC(C)=O)C3CC(C(=O)O)C2O3)(c2ccccc2)c2ccc(OC)cc2)cc1. The number of benzene rings is 3. The highest BCUT2D eigenvalue weighted by Crippen LogP contribution is 2.49. The van der Waals surface area contributed by atoms with Gasteiger partial charge >= 0.3 is 11.9 Å². The van der Waals surface area contributed by atoms with Gasteiger partial charge in [0.2, 0.25) is 0 Å². The summed E-state index contributed by atoms with van der Waals surface area (Å²) in [5, 5.41) is 9.91.